The monoisotopic (exact) mass is 350 g/mol. The summed E-state index contributed by atoms with van der Waals surface area (Å²) in [4.78, 5) is 2.70. The van der Waals surface area contributed by atoms with Crippen LogP contribution in [0.15, 0.2) is 48.5 Å². The zero-order valence-electron chi connectivity index (χ0n) is 15.8. The first-order valence-electron chi connectivity index (χ1n) is 10.0. The standard InChI is InChI=1S/C23H30N2O/c1-24-12-15-26-20-10-8-19-9-11-23(25-13-5-14-25)22(21(19)17-20)16-18-6-3-2-4-7-18/h2-4,6-8,10,17,22-24H,5,9,11-16H2,1H3. The van der Waals surface area contributed by atoms with E-state index in [1.807, 2.05) is 7.05 Å². The van der Waals surface area contributed by atoms with E-state index in [9.17, 15) is 0 Å². The molecule has 3 heteroatoms. The molecule has 0 saturated carbocycles. The molecule has 26 heavy (non-hydrogen) atoms. The van der Waals surface area contributed by atoms with Gasteiger partial charge in [0.25, 0.3) is 0 Å². The summed E-state index contributed by atoms with van der Waals surface area (Å²) >= 11 is 0. The molecule has 3 nitrogen and oxygen atoms in total. The fraction of sp³-hybridized carbons (Fsp3) is 0.478. The summed E-state index contributed by atoms with van der Waals surface area (Å²) in [7, 11) is 1.96. The second-order valence-corrected chi connectivity index (χ2v) is 7.60. The molecule has 2 unspecified atom stereocenters. The van der Waals surface area contributed by atoms with Crippen LogP contribution in [-0.2, 0) is 12.8 Å². The van der Waals surface area contributed by atoms with E-state index < -0.39 is 0 Å². The van der Waals surface area contributed by atoms with Gasteiger partial charge in [-0.15, -0.1) is 0 Å². The van der Waals surface area contributed by atoms with Crippen LogP contribution in [-0.4, -0.2) is 44.2 Å². The first-order valence-corrected chi connectivity index (χ1v) is 10.0. The molecule has 1 aliphatic carbocycles. The summed E-state index contributed by atoms with van der Waals surface area (Å²) in [6.07, 6.45) is 4.95. The Bertz CT molecular complexity index is 711. The number of rotatable bonds is 7. The van der Waals surface area contributed by atoms with Crippen molar-refractivity contribution >= 4 is 0 Å². The second-order valence-electron chi connectivity index (χ2n) is 7.60. The second kappa shape index (κ2) is 8.24. The number of likely N-dealkylation sites (tertiary alicyclic amines) is 1. The lowest BCUT2D eigenvalue weighted by Gasteiger charge is -2.45. The lowest BCUT2D eigenvalue weighted by molar-refractivity contribution is 0.0876. The minimum atomic E-state index is 0.564. The summed E-state index contributed by atoms with van der Waals surface area (Å²) in [6.45, 7) is 4.13. The van der Waals surface area contributed by atoms with Gasteiger partial charge in [-0.05, 0) is 74.6 Å². The van der Waals surface area contributed by atoms with Crippen molar-refractivity contribution in [1.29, 1.82) is 0 Å². The normalized spacial score (nSPS) is 22.5. The van der Waals surface area contributed by atoms with Crippen molar-refractivity contribution in [2.45, 2.75) is 37.6 Å². The van der Waals surface area contributed by atoms with E-state index in [1.54, 1.807) is 0 Å². The Kier molecular flexibility index (Phi) is 5.57. The number of benzene rings is 2. The van der Waals surface area contributed by atoms with Gasteiger partial charge in [0.2, 0.25) is 0 Å². The molecule has 2 aromatic carbocycles. The van der Waals surface area contributed by atoms with E-state index in [0.29, 0.717) is 18.6 Å². The predicted molar refractivity (Wildman–Crippen MR) is 107 cm³/mol. The number of nitrogens with one attached hydrogen (secondary N) is 1. The average molecular weight is 351 g/mol. The number of hydrogen-bond donors (Lipinski definition) is 1. The minimum absolute atomic E-state index is 0.564. The summed E-state index contributed by atoms with van der Waals surface area (Å²) in [5.74, 6) is 1.58. The molecule has 0 bridgehead atoms. The van der Waals surface area contributed by atoms with Crippen LogP contribution < -0.4 is 10.1 Å². The minimum Gasteiger partial charge on any atom is -0.492 e. The Morgan fingerprint density at radius 2 is 1.96 bits per heavy atom. The first kappa shape index (κ1) is 17.6. The van der Waals surface area contributed by atoms with Crippen LogP contribution in [0, 0.1) is 0 Å². The number of ether oxygens (including phenoxy) is 1. The molecule has 0 spiro atoms. The van der Waals surface area contributed by atoms with Crippen LogP contribution in [0.4, 0.5) is 0 Å². The summed E-state index contributed by atoms with van der Waals surface area (Å²) in [5, 5.41) is 3.15. The fourth-order valence-electron chi connectivity index (χ4n) is 4.44. The molecule has 2 aromatic rings. The smallest absolute Gasteiger partial charge is 0.119 e. The van der Waals surface area contributed by atoms with E-state index in [2.05, 4.69) is 58.7 Å². The Labute approximate surface area is 157 Å². The summed E-state index contributed by atoms with van der Waals surface area (Å²) < 4.78 is 5.97. The molecule has 138 valence electrons. The highest BCUT2D eigenvalue weighted by Crippen LogP contribution is 2.40. The Balaban J connectivity index is 1.61. The van der Waals surface area contributed by atoms with Crippen LogP contribution in [0.1, 0.15) is 35.4 Å². The molecule has 0 amide bonds. The van der Waals surface area contributed by atoms with Gasteiger partial charge in [-0.25, -0.2) is 0 Å². The van der Waals surface area contributed by atoms with Gasteiger partial charge < -0.3 is 10.1 Å². The van der Waals surface area contributed by atoms with Crippen molar-refractivity contribution in [3.8, 4) is 5.75 Å². The molecular weight excluding hydrogens is 320 g/mol. The predicted octanol–water partition coefficient (Wildman–Crippen LogP) is 3.63. The Hall–Kier alpha value is -1.84. The molecule has 2 atom stereocenters. The lowest BCUT2D eigenvalue weighted by atomic mass is 9.75. The zero-order valence-corrected chi connectivity index (χ0v) is 15.8. The quantitative estimate of drug-likeness (QED) is 0.772. The Morgan fingerprint density at radius 1 is 1.12 bits per heavy atom. The van der Waals surface area contributed by atoms with E-state index in [4.69, 9.17) is 4.74 Å². The van der Waals surface area contributed by atoms with Crippen LogP contribution in [0.25, 0.3) is 0 Å². The maximum atomic E-state index is 5.97. The maximum Gasteiger partial charge on any atom is 0.119 e. The van der Waals surface area contributed by atoms with E-state index in [-0.39, 0.29) is 0 Å². The number of nitrogens with zero attached hydrogens (tertiary/aromatic N) is 1. The van der Waals surface area contributed by atoms with Gasteiger partial charge >= 0.3 is 0 Å². The third-order valence-corrected chi connectivity index (χ3v) is 5.97. The van der Waals surface area contributed by atoms with Gasteiger partial charge in [0.05, 0.1) is 0 Å². The largest absolute Gasteiger partial charge is 0.492 e. The van der Waals surface area contributed by atoms with E-state index >= 15 is 0 Å². The van der Waals surface area contributed by atoms with Crippen molar-refractivity contribution < 1.29 is 4.74 Å². The highest BCUT2D eigenvalue weighted by molar-refractivity contribution is 5.42. The summed E-state index contributed by atoms with van der Waals surface area (Å²) in [6, 6.07) is 18.4. The lowest BCUT2D eigenvalue weighted by Crippen LogP contribution is -2.49. The van der Waals surface area contributed by atoms with E-state index in [1.165, 1.54) is 49.0 Å². The van der Waals surface area contributed by atoms with Crippen LogP contribution >= 0.6 is 0 Å². The van der Waals surface area contributed by atoms with E-state index in [0.717, 1.165) is 18.7 Å². The number of fused-ring (bicyclic) bond motifs is 1. The Morgan fingerprint density at radius 3 is 2.69 bits per heavy atom. The molecule has 1 saturated heterocycles. The topological polar surface area (TPSA) is 24.5 Å². The highest BCUT2D eigenvalue weighted by Gasteiger charge is 2.35. The van der Waals surface area contributed by atoms with Gasteiger partial charge in [-0.2, -0.15) is 0 Å². The zero-order chi connectivity index (χ0) is 17.8. The summed E-state index contributed by atoms with van der Waals surface area (Å²) in [5.41, 5.74) is 4.47. The van der Waals surface area contributed by atoms with Crippen LogP contribution in [0.5, 0.6) is 5.75 Å². The van der Waals surface area contributed by atoms with Crippen LogP contribution in [0.2, 0.25) is 0 Å². The van der Waals surface area contributed by atoms with Crippen molar-refractivity contribution in [3.05, 3.63) is 65.2 Å². The molecule has 4 rings (SSSR count). The average Bonchev–Trinajstić information content (AvgIpc) is 2.63. The van der Waals surface area contributed by atoms with Crippen molar-refractivity contribution in [2.24, 2.45) is 0 Å². The maximum absolute atomic E-state index is 5.97. The molecule has 1 fully saturated rings. The SMILES string of the molecule is CNCCOc1ccc2c(c1)C(Cc1ccccc1)C(N1CCC1)CC2. The fourth-order valence-corrected chi connectivity index (χ4v) is 4.44. The van der Waals surface area contributed by atoms with Crippen molar-refractivity contribution in [2.75, 3.05) is 33.3 Å². The van der Waals surface area contributed by atoms with Gasteiger partial charge in [0.15, 0.2) is 0 Å². The number of hydrogen-bond acceptors (Lipinski definition) is 3. The third kappa shape index (κ3) is 3.79. The molecule has 2 aliphatic rings. The highest BCUT2D eigenvalue weighted by atomic mass is 16.5. The third-order valence-electron chi connectivity index (χ3n) is 5.97. The first-order chi connectivity index (χ1) is 12.8. The number of likely N-dealkylation sites (N-methyl/N-ethyl adjacent to an activating group) is 1. The number of aryl methyl sites for hydroxylation is 1. The van der Waals surface area contributed by atoms with Gasteiger partial charge in [-0.1, -0.05) is 36.4 Å². The van der Waals surface area contributed by atoms with Crippen LogP contribution in [0.3, 0.4) is 0 Å². The molecule has 1 aliphatic heterocycles. The molecule has 1 N–H and O–H groups in total. The van der Waals surface area contributed by atoms with Crippen molar-refractivity contribution in [3.63, 3.8) is 0 Å². The molecule has 0 aromatic heterocycles. The molecule has 0 radical (unpaired) electrons. The van der Waals surface area contributed by atoms with Gasteiger partial charge in [0, 0.05) is 18.5 Å². The van der Waals surface area contributed by atoms with Crippen molar-refractivity contribution in [1.82, 2.24) is 10.2 Å². The molecule has 1 heterocycles. The van der Waals surface area contributed by atoms with Gasteiger partial charge in [-0.3, -0.25) is 4.90 Å². The molecular formula is C23H30N2O. The van der Waals surface area contributed by atoms with Gasteiger partial charge in [0.1, 0.15) is 12.4 Å².